The van der Waals surface area contributed by atoms with Gasteiger partial charge < -0.3 is 14.6 Å². The summed E-state index contributed by atoms with van der Waals surface area (Å²) >= 11 is 0. The molecule has 3 aromatic rings. The van der Waals surface area contributed by atoms with Crippen molar-refractivity contribution in [2.45, 2.75) is 52.4 Å². The third-order valence-corrected chi connectivity index (χ3v) is 7.35. The molecule has 4 heterocycles. The van der Waals surface area contributed by atoms with E-state index in [0.717, 1.165) is 62.3 Å². The highest BCUT2D eigenvalue weighted by Crippen LogP contribution is 2.37. The second-order valence-corrected chi connectivity index (χ2v) is 11.4. The molecule has 0 unspecified atom stereocenters. The van der Waals surface area contributed by atoms with Gasteiger partial charge in [-0.25, -0.2) is 4.98 Å². The number of fused-ring (bicyclic) bond motifs is 1. The molecule has 0 atom stereocenters. The Morgan fingerprint density at radius 3 is 2.44 bits per heavy atom. The van der Waals surface area contributed by atoms with Gasteiger partial charge in [0.1, 0.15) is 11.5 Å². The predicted octanol–water partition coefficient (Wildman–Crippen LogP) is 4.98. The van der Waals surface area contributed by atoms with E-state index in [9.17, 15) is 9.59 Å². The first-order valence-corrected chi connectivity index (χ1v) is 13.2. The Hall–Kier alpha value is -3.19. The minimum Gasteiger partial charge on any atom is -0.368 e. The Morgan fingerprint density at radius 2 is 1.78 bits per heavy atom. The van der Waals surface area contributed by atoms with Crippen molar-refractivity contribution in [2.75, 3.05) is 42.9 Å². The summed E-state index contributed by atoms with van der Waals surface area (Å²) in [5.74, 6) is -0.428. The molecule has 36 heavy (non-hydrogen) atoms. The van der Waals surface area contributed by atoms with Crippen molar-refractivity contribution in [1.82, 2.24) is 14.3 Å². The number of nitrogens with zero attached hydrogens (tertiary/aromatic N) is 4. The molecule has 1 N–H and O–H groups in total. The first kappa shape index (κ1) is 24.5. The maximum atomic E-state index is 13.4. The standard InChI is InChI=1S/C29H37N5O2/c1-29(2,3)20-32-14-16-33(17-15-32)23-11-12-25(30-19-23)31-28(36)27(35)26-24(21-8-4-5-9-21)18-22-10-6-7-13-34(22)26/h6-7,10-13,18-19,21H,4-5,8-9,14-17,20H2,1-3H3,(H,30,31,36). The van der Waals surface area contributed by atoms with Gasteiger partial charge in [-0.2, -0.15) is 0 Å². The summed E-state index contributed by atoms with van der Waals surface area (Å²) in [6.45, 7) is 11.9. The minimum atomic E-state index is -0.644. The van der Waals surface area contributed by atoms with Crippen molar-refractivity contribution >= 4 is 28.7 Å². The quantitative estimate of drug-likeness (QED) is 0.392. The van der Waals surface area contributed by atoms with Crippen LogP contribution in [0.25, 0.3) is 5.52 Å². The topological polar surface area (TPSA) is 70.0 Å². The number of hydrogen-bond acceptors (Lipinski definition) is 5. The molecule has 0 spiro atoms. The van der Waals surface area contributed by atoms with Crippen LogP contribution in [0, 0.1) is 5.41 Å². The van der Waals surface area contributed by atoms with E-state index in [1.165, 1.54) is 12.8 Å². The van der Waals surface area contributed by atoms with Gasteiger partial charge in [0.25, 0.3) is 11.7 Å². The summed E-state index contributed by atoms with van der Waals surface area (Å²) in [6, 6.07) is 11.7. The number of pyridine rings is 2. The molecule has 1 amide bonds. The van der Waals surface area contributed by atoms with Gasteiger partial charge in [-0.05, 0) is 60.1 Å². The van der Waals surface area contributed by atoms with Gasteiger partial charge in [0.05, 0.1) is 11.9 Å². The summed E-state index contributed by atoms with van der Waals surface area (Å²) in [4.78, 5) is 35.7. The van der Waals surface area contributed by atoms with Gasteiger partial charge in [0.2, 0.25) is 0 Å². The van der Waals surface area contributed by atoms with E-state index in [0.29, 0.717) is 22.8 Å². The lowest BCUT2D eigenvalue weighted by Gasteiger charge is -2.38. The molecule has 2 aliphatic rings. The molecule has 3 aromatic heterocycles. The van der Waals surface area contributed by atoms with Crippen LogP contribution in [0.5, 0.6) is 0 Å². The Balaban J connectivity index is 1.26. The summed E-state index contributed by atoms with van der Waals surface area (Å²) < 4.78 is 1.85. The first-order valence-electron chi connectivity index (χ1n) is 13.2. The van der Waals surface area contributed by atoms with E-state index in [1.54, 1.807) is 12.3 Å². The van der Waals surface area contributed by atoms with E-state index in [-0.39, 0.29) is 0 Å². The van der Waals surface area contributed by atoms with Crippen molar-refractivity contribution in [3.8, 4) is 0 Å². The molecular formula is C29H37N5O2. The van der Waals surface area contributed by atoms with Gasteiger partial charge >= 0.3 is 0 Å². The molecule has 1 aliphatic heterocycles. The van der Waals surface area contributed by atoms with Crippen LogP contribution in [0.4, 0.5) is 11.5 Å². The number of aromatic nitrogens is 2. The monoisotopic (exact) mass is 487 g/mol. The zero-order valence-corrected chi connectivity index (χ0v) is 21.7. The van der Waals surface area contributed by atoms with Crippen LogP contribution in [0.3, 0.4) is 0 Å². The fourth-order valence-electron chi connectivity index (χ4n) is 5.70. The van der Waals surface area contributed by atoms with Crippen molar-refractivity contribution in [3.05, 3.63) is 60.0 Å². The smallest absolute Gasteiger partial charge is 0.299 e. The third kappa shape index (κ3) is 5.31. The number of rotatable bonds is 6. The number of anilines is 2. The highest BCUT2D eigenvalue weighted by Gasteiger charge is 2.29. The number of hydrogen-bond donors (Lipinski definition) is 1. The molecule has 0 radical (unpaired) electrons. The molecule has 5 rings (SSSR count). The van der Waals surface area contributed by atoms with Crippen molar-refractivity contribution in [3.63, 3.8) is 0 Å². The molecular weight excluding hydrogens is 450 g/mol. The average Bonchev–Trinajstić information content (AvgIpc) is 3.52. The summed E-state index contributed by atoms with van der Waals surface area (Å²) in [7, 11) is 0. The third-order valence-electron chi connectivity index (χ3n) is 7.35. The van der Waals surface area contributed by atoms with Gasteiger partial charge in [0, 0.05) is 44.4 Å². The van der Waals surface area contributed by atoms with Gasteiger partial charge in [-0.3, -0.25) is 14.5 Å². The van der Waals surface area contributed by atoms with Gasteiger partial charge in [0.15, 0.2) is 0 Å². The summed E-state index contributed by atoms with van der Waals surface area (Å²) in [5, 5.41) is 2.74. The predicted molar refractivity (Wildman–Crippen MR) is 144 cm³/mol. The largest absolute Gasteiger partial charge is 0.368 e. The molecule has 0 aromatic carbocycles. The second kappa shape index (κ2) is 10.1. The van der Waals surface area contributed by atoms with Crippen LogP contribution in [0.1, 0.15) is 68.4 Å². The van der Waals surface area contributed by atoms with Crippen molar-refractivity contribution < 1.29 is 9.59 Å². The lowest BCUT2D eigenvalue weighted by atomic mass is 9.96. The number of carbonyl (C=O) groups excluding carboxylic acids is 2. The Labute approximate surface area is 213 Å². The van der Waals surface area contributed by atoms with E-state index < -0.39 is 11.7 Å². The van der Waals surface area contributed by atoms with Crippen LogP contribution in [0.2, 0.25) is 0 Å². The summed E-state index contributed by atoms with van der Waals surface area (Å²) in [5.41, 5.74) is 3.76. The van der Waals surface area contributed by atoms with Crippen LogP contribution >= 0.6 is 0 Å². The van der Waals surface area contributed by atoms with E-state index >= 15 is 0 Å². The molecule has 7 nitrogen and oxygen atoms in total. The van der Waals surface area contributed by atoms with E-state index in [1.807, 2.05) is 34.9 Å². The molecule has 1 saturated heterocycles. The molecule has 190 valence electrons. The van der Waals surface area contributed by atoms with Crippen molar-refractivity contribution in [1.29, 1.82) is 0 Å². The minimum absolute atomic E-state index is 0.298. The van der Waals surface area contributed by atoms with Crippen LogP contribution in [-0.2, 0) is 4.79 Å². The number of Topliss-reactive ketones (excluding diaryl/α,β-unsaturated/α-hetero) is 1. The Morgan fingerprint density at radius 1 is 1.03 bits per heavy atom. The van der Waals surface area contributed by atoms with E-state index in [4.69, 9.17) is 0 Å². The second-order valence-electron chi connectivity index (χ2n) is 11.4. The lowest BCUT2D eigenvalue weighted by molar-refractivity contribution is -0.112. The normalized spacial score (nSPS) is 17.6. The molecule has 1 saturated carbocycles. The number of piperazine rings is 1. The van der Waals surface area contributed by atoms with Crippen LogP contribution in [-0.4, -0.2) is 58.7 Å². The molecule has 1 aliphatic carbocycles. The van der Waals surface area contributed by atoms with Gasteiger partial charge in [-0.15, -0.1) is 0 Å². The Bertz CT molecular complexity index is 1230. The van der Waals surface area contributed by atoms with Gasteiger partial charge in [-0.1, -0.05) is 39.7 Å². The highest BCUT2D eigenvalue weighted by atomic mass is 16.2. The van der Waals surface area contributed by atoms with E-state index in [2.05, 4.69) is 46.9 Å². The SMILES string of the molecule is CC(C)(C)CN1CCN(c2ccc(NC(=O)C(=O)c3c(C4CCCC4)cc4ccccn34)nc2)CC1. The highest BCUT2D eigenvalue weighted by molar-refractivity contribution is 6.46. The number of carbonyl (C=O) groups is 2. The zero-order chi connectivity index (χ0) is 25.3. The molecule has 2 fully saturated rings. The van der Waals surface area contributed by atoms with Crippen molar-refractivity contribution in [2.24, 2.45) is 5.41 Å². The fraction of sp³-hybridized carbons (Fsp3) is 0.483. The number of nitrogens with one attached hydrogen (secondary N) is 1. The molecule has 7 heteroatoms. The first-order chi connectivity index (χ1) is 17.3. The lowest BCUT2D eigenvalue weighted by Crippen LogP contribution is -2.48. The fourth-order valence-corrected chi connectivity index (χ4v) is 5.70. The maximum Gasteiger partial charge on any atom is 0.299 e. The summed E-state index contributed by atoms with van der Waals surface area (Å²) in [6.07, 6.45) is 8.11. The van der Waals surface area contributed by atoms with Crippen LogP contribution in [0.15, 0.2) is 48.8 Å². The van der Waals surface area contributed by atoms with Crippen LogP contribution < -0.4 is 10.2 Å². The number of ketones is 1. The average molecular weight is 488 g/mol. The number of amides is 1. The maximum absolute atomic E-state index is 13.4. The zero-order valence-electron chi connectivity index (χ0n) is 21.7. The molecule has 0 bridgehead atoms. The Kier molecular flexibility index (Phi) is 6.84.